The molecule has 2 aromatic heterocycles. The van der Waals surface area contributed by atoms with E-state index < -0.39 is 0 Å². The van der Waals surface area contributed by atoms with Gasteiger partial charge in [0.05, 0.1) is 12.3 Å². The molecule has 4 aromatic rings. The number of hydrogen-bond donors (Lipinski definition) is 1. The van der Waals surface area contributed by atoms with Crippen LogP contribution in [0.4, 0.5) is 0 Å². The number of carbonyl (C=O) groups excluding carboxylic acids is 1. The van der Waals surface area contributed by atoms with E-state index in [1.807, 2.05) is 42.5 Å². The maximum atomic E-state index is 12.7. The number of nitrogens with zero attached hydrogens (tertiary/aromatic N) is 4. The number of carbonyl (C=O) groups is 1. The monoisotopic (exact) mass is 377 g/mol. The zero-order valence-electron chi connectivity index (χ0n) is 15.3. The van der Waals surface area contributed by atoms with E-state index in [0.29, 0.717) is 24.4 Å². The molecule has 8 nitrogen and oxygen atoms in total. The highest BCUT2D eigenvalue weighted by molar-refractivity contribution is 5.96. The summed E-state index contributed by atoms with van der Waals surface area (Å²) in [5.74, 6) is -0.301. The number of rotatable bonds is 6. The number of benzene rings is 2. The molecule has 0 bridgehead atoms. The summed E-state index contributed by atoms with van der Waals surface area (Å²) < 4.78 is 7.46. The molecule has 0 radical (unpaired) electrons. The van der Waals surface area contributed by atoms with E-state index in [4.69, 9.17) is 4.74 Å². The Morgan fingerprint density at radius 2 is 2.00 bits per heavy atom. The Balaban J connectivity index is 1.69. The van der Waals surface area contributed by atoms with Gasteiger partial charge in [-0.1, -0.05) is 42.5 Å². The third-order valence-electron chi connectivity index (χ3n) is 4.48. The molecule has 142 valence electrons. The molecule has 1 N–H and O–H groups in total. The maximum Gasteiger partial charge on any atom is 0.293 e. The van der Waals surface area contributed by atoms with Crippen LogP contribution in [-0.2, 0) is 16.1 Å². The van der Waals surface area contributed by atoms with E-state index >= 15 is 0 Å². The van der Waals surface area contributed by atoms with E-state index in [9.17, 15) is 9.59 Å². The number of nitrogens with one attached hydrogen (secondary N) is 1. The first-order valence-corrected chi connectivity index (χ1v) is 8.86. The fourth-order valence-electron chi connectivity index (χ4n) is 3.12. The largest absolute Gasteiger partial charge is 0.383 e. The average molecular weight is 377 g/mol. The predicted molar refractivity (Wildman–Crippen MR) is 105 cm³/mol. The molecule has 0 unspecified atom stereocenters. The van der Waals surface area contributed by atoms with Gasteiger partial charge in [0.1, 0.15) is 18.4 Å². The van der Waals surface area contributed by atoms with Crippen molar-refractivity contribution in [3.05, 3.63) is 65.2 Å². The molecule has 0 saturated heterocycles. The molecule has 0 saturated carbocycles. The Hall–Kier alpha value is -3.52. The third-order valence-corrected chi connectivity index (χ3v) is 4.48. The molecule has 0 aliphatic rings. The van der Waals surface area contributed by atoms with Gasteiger partial charge in [-0.05, 0) is 16.8 Å². The molecule has 2 heterocycles. The van der Waals surface area contributed by atoms with Crippen LogP contribution >= 0.6 is 0 Å². The second-order valence-electron chi connectivity index (χ2n) is 6.32. The van der Waals surface area contributed by atoms with Crippen LogP contribution in [0.15, 0.2) is 59.7 Å². The van der Waals surface area contributed by atoms with Gasteiger partial charge >= 0.3 is 0 Å². The SMILES string of the molecule is COCCNC(=O)Cn1ncn2nc(-c3cccc4ccccc34)cc2c1=O. The summed E-state index contributed by atoms with van der Waals surface area (Å²) >= 11 is 0. The Kier molecular flexibility index (Phi) is 4.86. The first-order valence-electron chi connectivity index (χ1n) is 8.86. The van der Waals surface area contributed by atoms with Crippen LogP contribution < -0.4 is 10.9 Å². The van der Waals surface area contributed by atoms with Crippen LogP contribution in [0, 0.1) is 0 Å². The zero-order chi connectivity index (χ0) is 19.5. The molecule has 0 fully saturated rings. The average Bonchev–Trinajstić information content (AvgIpc) is 3.15. The van der Waals surface area contributed by atoms with E-state index in [-0.39, 0.29) is 18.0 Å². The summed E-state index contributed by atoms with van der Waals surface area (Å²) in [6.45, 7) is 0.627. The fraction of sp³-hybridized carbons (Fsp3) is 0.200. The molecule has 0 aliphatic heterocycles. The minimum atomic E-state index is -0.372. The van der Waals surface area contributed by atoms with E-state index in [2.05, 4.69) is 15.5 Å². The van der Waals surface area contributed by atoms with E-state index in [0.717, 1.165) is 21.0 Å². The van der Waals surface area contributed by atoms with E-state index in [1.165, 1.54) is 10.8 Å². The van der Waals surface area contributed by atoms with Crippen molar-refractivity contribution in [2.45, 2.75) is 6.54 Å². The standard InChI is InChI=1S/C20H19N5O3/c1-28-10-9-21-19(26)12-24-20(27)18-11-17(23-25(18)13-22-24)16-8-4-6-14-5-2-3-7-15(14)16/h2-8,11,13H,9-10,12H2,1H3,(H,21,26). The molecule has 0 spiro atoms. The Morgan fingerprint density at radius 3 is 2.86 bits per heavy atom. The van der Waals surface area contributed by atoms with Crippen LogP contribution in [0.3, 0.4) is 0 Å². The molecular weight excluding hydrogens is 358 g/mol. The zero-order valence-corrected chi connectivity index (χ0v) is 15.3. The minimum Gasteiger partial charge on any atom is -0.383 e. The van der Waals surface area contributed by atoms with Crippen LogP contribution in [0.2, 0.25) is 0 Å². The van der Waals surface area contributed by atoms with Crippen LogP contribution in [0.25, 0.3) is 27.5 Å². The van der Waals surface area contributed by atoms with Crippen molar-refractivity contribution in [3.8, 4) is 11.3 Å². The minimum absolute atomic E-state index is 0.159. The molecule has 2 aromatic carbocycles. The van der Waals surface area contributed by atoms with Crippen molar-refractivity contribution in [2.75, 3.05) is 20.3 Å². The van der Waals surface area contributed by atoms with Gasteiger partial charge in [-0.15, -0.1) is 0 Å². The molecule has 0 aliphatic carbocycles. The van der Waals surface area contributed by atoms with Gasteiger partial charge in [0.15, 0.2) is 0 Å². The van der Waals surface area contributed by atoms with Crippen LogP contribution in [-0.4, -0.2) is 45.6 Å². The Morgan fingerprint density at radius 1 is 1.18 bits per heavy atom. The van der Waals surface area contributed by atoms with Crippen molar-refractivity contribution >= 4 is 22.2 Å². The quantitative estimate of drug-likeness (QED) is 0.514. The fourth-order valence-corrected chi connectivity index (χ4v) is 3.12. The lowest BCUT2D eigenvalue weighted by Crippen LogP contribution is -2.35. The number of amides is 1. The topological polar surface area (TPSA) is 90.5 Å². The number of hydrogen-bond acceptors (Lipinski definition) is 5. The lowest BCUT2D eigenvalue weighted by Gasteiger charge is -2.06. The molecule has 28 heavy (non-hydrogen) atoms. The first-order chi connectivity index (χ1) is 13.7. The molecule has 8 heteroatoms. The number of methoxy groups -OCH3 is 1. The number of ether oxygens (including phenoxy) is 1. The van der Waals surface area contributed by atoms with Crippen molar-refractivity contribution in [1.82, 2.24) is 24.7 Å². The van der Waals surface area contributed by atoms with Crippen molar-refractivity contribution in [2.24, 2.45) is 0 Å². The molecule has 0 atom stereocenters. The predicted octanol–water partition coefficient (Wildman–Crippen LogP) is 1.47. The van der Waals surface area contributed by atoms with Crippen molar-refractivity contribution in [1.29, 1.82) is 0 Å². The van der Waals surface area contributed by atoms with Crippen molar-refractivity contribution in [3.63, 3.8) is 0 Å². The summed E-state index contributed by atoms with van der Waals surface area (Å²) in [5, 5.41) is 13.4. The molecule has 4 rings (SSSR count). The van der Waals surface area contributed by atoms with Gasteiger partial charge in [0, 0.05) is 19.2 Å². The summed E-state index contributed by atoms with van der Waals surface area (Å²) in [5.41, 5.74) is 1.61. The number of aromatic nitrogens is 4. The van der Waals surface area contributed by atoms with Gasteiger partial charge in [-0.25, -0.2) is 9.20 Å². The van der Waals surface area contributed by atoms with Crippen LogP contribution in [0.5, 0.6) is 0 Å². The van der Waals surface area contributed by atoms with Gasteiger partial charge in [-0.2, -0.15) is 10.2 Å². The third kappa shape index (κ3) is 3.37. The number of fused-ring (bicyclic) bond motifs is 2. The Bertz CT molecular complexity index is 1210. The molecular formula is C20H19N5O3. The van der Waals surface area contributed by atoms with Crippen molar-refractivity contribution < 1.29 is 9.53 Å². The molecule has 1 amide bonds. The van der Waals surface area contributed by atoms with Gasteiger partial charge in [-0.3, -0.25) is 9.59 Å². The smallest absolute Gasteiger partial charge is 0.293 e. The lowest BCUT2D eigenvalue weighted by atomic mass is 10.0. The normalized spacial score (nSPS) is 11.2. The second-order valence-corrected chi connectivity index (χ2v) is 6.32. The highest BCUT2D eigenvalue weighted by Crippen LogP contribution is 2.27. The van der Waals surface area contributed by atoms with Gasteiger partial charge in [0.2, 0.25) is 5.91 Å². The first kappa shape index (κ1) is 17.9. The lowest BCUT2D eigenvalue weighted by molar-refractivity contribution is -0.122. The van der Waals surface area contributed by atoms with Gasteiger partial charge in [0.25, 0.3) is 5.56 Å². The summed E-state index contributed by atoms with van der Waals surface area (Å²) in [4.78, 5) is 24.7. The Labute approximate surface area is 160 Å². The van der Waals surface area contributed by atoms with Crippen LogP contribution in [0.1, 0.15) is 0 Å². The summed E-state index contributed by atoms with van der Waals surface area (Å²) in [6, 6.07) is 15.7. The second kappa shape index (κ2) is 7.61. The highest BCUT2D eigenvalue weighted by Gasteiger charge is 2.13. The summed E-state index contributed by atoms with van der Waals surface area (Å²) in [7, 11) is 1.55. The maximum absolute atomic E-state index is 12.7. The van der Waals surface area contributed by atoms with Gasteiger partial charge < -0.3 is 10.1 Å². The summed E-state index contributed by atoms with van der Waals surface area (Å²) in [6.07, 6.45) is 1.44. The highest BCUT2D eigenvalue weighted by atomic mass is 16.5. The van der Waals surface area contributed by atoms with E-state index in [1.54, 1.807) is 13.2 Å².